The Hall–Kier alpha value is -3.06. The number of aromatic nitrogens is 2. The van der Waals surface area contributed by atoms with Crippen LogP contribution in [0.25, 0.3) is 11.0 Å². The number of hydrogen-bond acceptors (Lipinski definition) is 4. The summed E-state index contributed by atoms with van der Waals surface area (Å²) in [5.74, 6) is -0.654. The number of fused-ring (bicyclic) bond motifs is 1. The first kappa shape index (κ1) is 19.3. The Balaban J connectivity index is 1.79. The largest absolute Gasteiger partial charge is 0.372 e. The Morgan fingerprint density at radius 3 is 2.55 bits per heavy atom. The highest BCUT2D eigenvalue weighted by molar-refractivity contribution is 5.97. The molecular weight excluding hydrogens is 373 g/mol. The van der Waals surface area contributed by atoms with Crippen molar-refractivity contribution in [1.29, 1.82) is 0 Å². The highest BCUT2D eigenvalue weighted by atomic mass is 19.1. The second kappa shape index (κ2) is 7.75. The van der Waals surface area contributed by atoms with Gasteiger partial charge in [0.1, 0.15) is 17.0 Å². The zero-order chi connectivity index (χ0) is 20.5. The van der Waals surface area contributed by atoms with Crippen molar-refractivity contribution in [1.82, 2.24) is 14.5 Å². The third-order valence-corrected chi connectivity index (χ3v) is 5.04. The van der Waals surface area contributed by atoms with Crippen LogP contribution < -0.4 is 5.56 Å². The van der Waals surface area contributed by atoms with Crippen LogP contribution in [-0.4, -0.2) is 45.7 Å². The maximum absolute atomic E-state index is 13.3. The van der Waals surface area contributed by atoms with Gasteiger partial charge in [0.05, 0.1) is 18.8 Å². The van der Waals surface area contributed by atoms with Gasteiger partial charge in [-0.2, -0.15) is 0 Å². The molecule has 1 fully saturated rings. The number of carbonyl (C=O) groups is 1. The quantitative estimate of drug-likeness (QED) is 0.684. The van der Waals surface area contributed by atoms with Crippen LogP contribution in [-0.2, 0) is 11.3 Å². The molecule has 1 aromatic carbocycles. The van der Waals surface area contributed by atoms with E-state index in [-0.39, 0.29) is 36.0 Å². The van der Waals surface area contributed by atoms with Gasteiger partial charge in [-0.05, 0) is 49.7 Å². The van der Waals surface area contributed by atoms with E-state index in [1.165, 1.54) is 16.7 Å². The van der Waals surface area contributed by atoms with E-state index in [0.717, 1.165) is 5.56 Å². The van der Waals surface area contributed by atoms with Gasteiger partial charge in [0, 0.05) is 24.7 Å². The molecule has 1 amide bonds. The summed E-state index contributed by atoms with van der Waals surface area (Å²) in [7, 11) is 0. The van der Waals surface area contributed by atoms with E-state index >= 15 is 0 Å². The number of nitrogens with zero attached hydrogens (tertiary/aromatic N) is 3. The number of amides is 1. The van der Waals surface area contributed by atoms with Gasteiger partial charge in [-0.25, -0.2) is 9.37 Å². The molecule has 0 unspecified atom stereocenters. The van der Waals surface area contributed by atoms with E-state index in [4.69, 9.17) is 4.74 Å². The molecular formula is C22H22FN3O3. The van der Waals surface area contributed by atoms with Gasteiger partial charge in [-0.15, -0.1) is 0 Å². The molecule has 4 rings (SSSR count). The maximum atomic E-state index is 13.3. The van der Waals surface area contributed by atoms with Crippen molar-refractivity contribution < 1.29 is 13.9 Å². The number of carbonyl (C=O) groups excluding carboxylic acids is 1. The van der Waals surface area contributed by atoms with Gasteiger partial charge in [0.2, 0.25) is 0 Å². The zero-order valence-electron chi connectivity index (χ0n) is 16.3. The summed E-state index contributed by atoms with van der Waals surface area (Å²) in [5.41, 5.74) is 0.937. The molecule has 3 aromatic rings. The minimum Gasteiger partial charge on any atom is -0.372 e. The van der Waals surface area contributed by atoms with Crippen LogP contribution in [0.5, 0.6) is 0 Å². The lowest BCUT2D eigenvalue weighted by molar-refractivity contribution is -0.0586. The number of rotatable bonds is 3. The van der Waals surface area contributed by atoms with E-state index in [0.29, 0.717) is 24.1 Å². The van der Waals surface area contributed by atoms with Crippen molar-refractivity contribution in [3.63, 3.8) is 0 Å². The van der Waals surface area contributed by atoms with Gasteiger partial charge < -0.3 is 9.64 Å². The first-order chi connectivity index (χ1) is 13.9. The minimum absolute atomic E-state index is 0.0914. The van der Waals surface area contributed by atoms with E-state index in [1.807, 2.05) is 19.9 Å². The first-order valence-electron chi connectivity index (χ1n) is 9.60. The van der Waals surface area contributed by atoms with Crippen molar-refractivity contribution in [2.45, 2.75) is 32.6 Å². The third-order valence-electron chi connectivity index (χ3n) is 5.04. The lowest BCUT2D eigenvalue weighted by Crippen LogP contribution is -2.49. The van der Waals surface area contributed by atoms with Gasteiger partial charge in [0.15, 0.2) is 0 Å². The van der Waals surface area contributed by atoms with Gasteiger partial charge in [0.25, 0.3) is 11.5 Å². The van der Waals surface area contributed by atoms with Crippen molar-refractivity contribution in [2.75, 3.05) is 13.1 Å². The molecule has 0 spiro atoms. The molecule has 2 atom stereocenters. The van der Waals surface area contributed by atoms with E-state index in [9.17, 15) is 14.0 Å². The SMILES string of the molecule is C[C@H]1CN(C(=O)c2cc3cccnc3n(Cc3ccc(F)cc3)c2=O)C[C@H](C)O1. The molecule has 0 bridgehead atoms. The second-order valence-electron chi connectivity index (χ2n) is 7.46. The molecule has 7 heteroatoms. The minimum atomic E-state index is -0.405. The lowest BCUT2D eigenvalue weighted by Gasteiger charge is -2.35. The zero-order valence-corrected chi connectivity index (χ0v) is 16.3. The molecule has 0 N–H and O–H groups in total. The van der Waals surface area contributed by atoms with Gasteiger partial charge in [-0.3, -0.25) is 14.2 Å². The molecule has 6 nitrogen and oxygen atoms in total. The summed E-state index contributed by atoms with van der Waals surface area (Å²) in [6.45, 7) is 4.89. The van der Waals surface area contributed by atoms with Crippen molar-refractivity contribution >= 4 is 16.9 Å². The summed E-state index contributed by atoms with van der Waals surface area (Å²) in [6.07, 6.45) is 1.42. The monoisotopic (exact) mass is 395 g/mol. The predicted molar refractivity (Wildman–Crippen MR) is 107 cm³/mol. The Kier molecular flexibility index (Phi) is 5.15. The van der Waals surface area contributed by atoms with Crippen molar-refractivity contribution in [3.05, 3.63) is 76.0 Å². The lowest BCUT2D eigenvalue weighted by atomic mass is 10.1. The molecule has 1 saturated heterocycles. The molecule has 1 aliphatic heterocycles. The second-order valence-corrected chi connectivity index (χ2v) is 7.46. The summed E-state index contributed by atoms with van der Waals surface area (Å²) < 4.78 is 20.4. The van der Waals surface area contributed by atoms with Crippen LogP contribution in [0.3, 0.4) is 0 Å². The molecule has 29 heavy (non-hydrogen) atoms. The summed E-state index contributed by atoms with van der Waals surface area (Å²) in [4.78, 5) is 32.5. The Morgan fingerprint density at radius 1 is 1.17 bits per heavy atom. The predicted octanol–water partition coefficient (Wildman–Crippen LogP) is 2.83. The average Bonchev–Trinajstić information content (AvgIpc) is 2.70. The van der Waals surface area contributed by atoms with Crippen LogP contribution in [0, 0.1) is 5.82 Å². The summed E-state index contributed by atoms with van der Waals surface area (Å²) in [5, 5.41) is 0.701. The number of ether oxygens (including phenoxy) is 1. The fraction of sp³-hybridized carbons (Fsp3) is 0.318. The van der Waals surface area contributed by atoms with Crippen LogP contribution in [0.15, 0.2) is 53.5 Å². The molecule has 1 aliphatic rings. The van der Waals surface area contributed by atoms with Crippen LogP contribution in [0.2, 0.25) is 0 Å². The number of benzene rings is 1. The normalized spacial score (nSPS) is 19.5. The average molecular weight is 395 g/mol. The molecule has 0 saturated carbocycles. The van der Waals surface area contributed by atoms with E-state index in [1.54, 1.807) is 35.4 Å². The molecule has 150 valence electrons. The summed E-state index contributed by atoms with van der Waals surface area (Å²) in [6, 6.07) is 11.1. The highest BCUT2D eigenvalue weighted by Gasteiger charge is 2.29. The van der Waals surface area contributed by atoms with E-state index < -0.39 is 5.56 Å². The first-order valence-corrected chi connectivity index (χ1v) is 9.60. The van der Waals surface area contributed by atoms with Crippen LogP contribution in [0.1, 0.15) is 29.8 Å². The van der Waals surface area contributed by atoms with Crippen molar-refractivity contribution in [2.24, 2.45) is 0 Å². The Morgan fingerprint density at radius 2 is 1.86 bits per heavy atom. The number of pyridine rings is 2. The van der Waals surface area contributed by atoms with Gasteiger partial charge >= 0.3 is 0 Å². The molecule has 3 heterocycles. The molecule has 0 aliphatic carbocycles. The highest BCUT2D eigenvalue weighted by Crippen LogP contribution is 2.17. The van der Waals surface area contributed by atoms with Crippen molar-refractivity contribution in [3.8, 4) is 0 Å². The number of halogens is 1. The van der Waals surface area contributed by atoms with Crippen LogP contribution >= 0.6 is 0 Å². The number of hydrogen-bond donors (Lipinski definition) is 0. The third kappa shape index (κ3) is 3.91. The fourth-order valence-corrected chi connectivity index (χ4v) is 3.79. The van der Waals surface area contributed by atoms with Crippen LogP contribution in [0.4, 0.5) is 4.39 Å². The fourth-order valence-electron chi connectivity index (χ4n) is 3.79. The number of morpholine rings is 1. The topological polar surface area (TPSA) is 64.4 Å². The Labute approximate surface area is 167 Å². The Bertz CT molecular complexity index is 1100. The maximum Gasteiger partial charge on any atom is 0.265 e. The molecule has 0 radical (unpaired) electrons. The van der Waals surface area contributed by atoms with Gasteiger partial charge in [-0.1, -0.05) is 12.1 Å². The standard InChI is InChI=1S/C22H22FN3O3/c1-14-11-25(12-15(2)29-14)21(27)19-10-17-4-3-9-24-20(17)26(22(19)28)13-16-5-7-18(23)8-6-16/h3-10,14-15H,11-13H2,1-2H3/t14-,15-/m0/s1. The summed E-state index contributed by atoms with van der Waals surface area (Å²) >= 11 is 0. The smallest absolute Gasteiger partial charge is 0.265 e. The molecule has 2 aromatic heterocycles. The van der Waals surface area contributed by atoms with E-state index in [2.05, 4.69) is 4.98 Å².